The maximum Gasteiger partial charge on any atom is 0.265 e. The summed E-state index contributed by atoms with van der Waals surface area (Å²) in [5.41, 5.74) is 2.77. The van der Waals surface area contributed by atoms with E-state index in [2.05, 4.69) is 12.2 Å². The number of anilines is 1. The molecule has 1 amide bonds. The van der Waals surface area contributed by atoms with Crippen LogP contribution < -0.4 is 14.8 Å². The van der Waals surface area contributed by atoms with Crippen molar-refractivity contribution in [3.8, 4) is 11.5 Å². The molecular formula is C21H27NO3. The SMILES string of the molecule is CCCCOc1ccccc1NC(=O)C(C)Oc1cc(C)ccc1C. The molecule has 1 unspecified atom stereocenters. The zero-order chi connectivity index (χ0) is 18.2. The monoisotopic (exact) mass is 341 g/mol. The van der Waals surface area contributed by atoms with Crippen LogP contribution in [0.5, 0.6) is 11.5 Å². The van der Waals surface area contributed by atoms with Crippen LogP contribution in [0, 0.1) is 13.8 Å². The van der Waals surface area contributed by atoms with Gasteiger partial charge in [-0.3, -0.25) is 4.79 Å². The summed E-state index contributed by atoms with van der Waals surface area (Å²) in [6.07, 6.45) is 1.44. The van der Waals surface area contributed by atoms with Crippen LogP contribution in [0.25, 0.3) is 0 Å². The number of unbranched alkanes of at least 4 members (excludes halogenated alkanes) is 1. The molecule has 0 aromatic heterocycles. The van der Waals surface area contributed by atoms with Gasteiger partial charge < -0.3 is 14.8 Å². The van der Waals surface area contributed by atoms with Crippen LogP contribution in [-0.4, -0.2) is 18.6 Å². The van der Waals surface area contributed by atoms with E-state index >= 15 is 0 Å². The van der Waals surface area contributed by atoms with Crippen LogP contribution in [-0.2, 0) is 4.79 Å². The molecule has 4 nitrogen and oxygen atoms in total. The number of carbonyl (C=O) groups is 1. The molecule has 0 saturated heterocycles. The van der Waals surface area contributed by atoms with E-state index in [1.165, 1.54) is 0 Å². The van der Waals surface area contributed by atoms with Crippen LogP contribution in [0.2, 0.25) is 0 Å². The predicted octanol–water partition coefficient (Wildman–Crippen LogP) is 4.89. The van der Waals surface area contributed by atoms with Crippen molar-refractivity contribution in [2.24, 2.45) is 0 Å². The van der Waals surface area contributed by atoms with Gasteiger partial charge in [-0.15, -0.1) is 0 Å². The first-order chi connectivity index (χ1) is 12.0. The van der Waals surface area contributed by atoms with Crippen molar-refractivity contribution in [2.45, 2.75) is 46.6 Å². The van der Waals surface area contributed by atoms with Gasteiger partial charge in [-0.25, -0.2) is 0 Å². The molecule has 2 aromatic carbocycles. The van der Waals surface area contributed by atoms with Gasteiger partial charge in [0, 0.05) is 0 Å². The van der Waals surface area contributed by atoms with Crippen molar-refractivity contribution in [2.75, 3.05) is 11.9 Å². The standard InChI is InChI=1S/C21H27NO3/c1-5-6-13-24-19-10-8-7-9-18(19)22-21(23)17(4)25-20-14-15(2)11-12-16(20)3/h7-12,14,17H,5-6,13H2,1-4H3,(H,22,23). The summed E-state index contributed by atoms with van der Waals surface area (Å²) in [5, 5.41) is 2.90. The highest BCUT2D eigenvalue weighted by atomic mass is 16.5. The van der Waals surface area contributed by atoms with Crippen LogP contribution >= 0.6 is 0 Å². The van der Waals surface area contributed by atoms with E-state index in [1.807, 2.05) is 56.3 Å². The highest BCUT2D eigenvalue weighted by Gasteiger charge is 2.17. The molecule has 134 valence electrons. The summed E-state index contributed by atoms with van der Waals surface area (Å²) in [6, 6.07) is 13.4. The molecule has 2 aromatic rings. The number of aryl methyl sites for hydroxylation is 2. The Labute approximate surface area is 150 Å². The predicted molar refractivity (Wildman–Crippen MR) is 101 cm³/mol. The molecular weight excluding hydrogens is 314 g/mol. The Balaban J connectivity index is 2.02. The second kappa shape index (κ2) is 9.11. The van der Waals surface area contributed by atoms with E-state index in [1.54, 1.807) is 6.92 Å². The van der Waals surface area contributed by atoms with E-state index in [4.69, 9.17) is 9.47 Å². The number of carbonyl (C=O) groups excluding carboxylic acids is 1. The minimum absolute atomic E-state index is 0.201. The minimum Gasteiger partial charge on any atom is -0.491 e. The third-order valence-corrected chi connectivity index (χ3v) is 3.92. The third-order valence-electron chi connectivity index (χ3n) is 3.92. The Morgan fingerprint density at radius 1 is 1.12 bits per heavy atom. The number of hydrogen-bond acceptors (Lipinski definition) is 3. The molecule has 0 fully saturated rings. The van der Waals surface area contributed by atoms with Crippen LogP contribution in [0.3, 0.4) is 0 Å². The van der Waals surface area contributed by atoms with Crippen molar-refractivity contribution in [3.63, 3.8) is 0 Å². The average molecular weight is 341 g/mol. The van der Waals surface area contributed by atoms with Gasteiger partial charge in [0.25, 0.3) is 5.91 Å². The van der Waals surface area contributed by atoms with Gasteiger partial charge in [-0.2, -0.15) is 0 Å². The fraction of sp³-hybridized carbons (Fsp3) is 0.381. The maximum absolute atomic E-state index is 12.5. The normalized spacial score (nSPS) is 11.7. The van der Waals surface area contributed by atoms with E-state index in [-0.39, 0.29) is 5.91 Å². The number of hydrogen-bond donors (Lipinski definition) is 1. The van der Waals surface area contributed by atoms with Crippen molar-refractivity contribution >= 4 is 11.6 Å². The topological polar surface area (TPSA) is 47.6 Å². The van der Waals surface area contributed by atoms with Crippen molar-refractivity contribution in [3.05, 3.63) is 53.6 Å². The van der Waals surface area contributed by atoms with Gasteiger partial charge in [-0.05, 0) is 56.5 Å². The minimum atomic E-state index is -0.607. The van der Waals surface area contributed by atoms with Crippen molar-refractivity contribution in [1.82, 2.24) is 0 Å². The van der Waals surface area contributed by atoms with E-state index < -0.39 is 6.10 Å². The number of benzene rings is 2. The average Bonchev–Trinajstić information content (AvgIpc) is 2.59. The summed E-state index contributed by atoms with van der Waals surface area (Å²) in [7, 11) is 0. The first kappa shape index (κ1) is 18.8. The highest BCUT2D eigenvalue weighted by Crippen LogP contribution is 2.25. The Bertz CT molecular complexity index is 712. The van der Waals surface area contributed by atoms with Gasteiger partial charge >= 0.3 is 0 Å². The molecule has 0 spiro atoms. The van der Waals surface area contributed by atoms with Gasteiger partial charge in [0.15, 0.2) is 6.10 Å². The maximum atomic E-state index is 12.5. The lowest BCUT2D eigenvalue weighted by molar-refractivity contribution is -0.122. The fourth-order valence-corrected chi connectivity index (χ4v) is 2.33. The Hall–Kier alpha value is -2.49. The summed E-state index contributed by atoms with van der Waals surface area (Å²) >= 11 is 0. The molecule has 0 bridgehead atoms. The molecule has 0 heterocycles. The van der Waals surface area contributed by atoms with Crippen molar-refractivity contribution in [1.29, 1.82) is 0 Å². The molecule has 0 aliphatic heterocycles. The number of ether oxygens (including phenoxy) is 2. The fourth-order valence-electron chi connectivity index (χ4n) is 2.33. The summed E-state index contributed by atoms with van der Waals surface area (Å²) in [6.45, 7) is 8.47. The second-order valence-corrected chi connectivity index (χ2v) is 6.22. The molecule has 2 rings (SSSR count). The summed E-state index contributed by atoms with van der Waals surface area (Å²) < 4.78 is 11.6. The number of amides is 1. The number of nitrogens with one attached hydrogen (secondary N) is 1. The molecule has 1 atom stereocenters. The molecule has 1 N–H and O–H groups in total. The second-order valence-electron chi connectivity index (χ2n) is 6.22. The van der Waals surface area contributed by atoms with Gasteiger partial charge in [0.2, 0.25) is 0 Å². The number of rotatable bonds is 8. The Kier molecular flexibility index (Phi) is 6.87. The van der Waals surface area contributed by atoms with E-state index in [0.29, 0.717) is 18.0 Å². The third kappa shape index (κ3) is 5.52. The molecule has 4 heteroatoms. The lowest BCUT2D eigenvalue weighted by Gasteiger charge is -2.18. The first-order valence-electron chi connectivity index (χ1n) is 8.78. The molecule has 0 saturated carbocycles. The zero-order valence-electron chi connectivity index (χ0n) is 15.5. The van der Waals surface area contributed by atoms with E-state index in [9.17, 15) is 4.79 Å². The first-order valence-corrected chi connectivity index (χ1v) is 8.78. The lowest BCUT2D eigenvalue weighted by Crippen LogP contribution is -2.30. The van der Waals surface area contributed by atoms with Crippen LogP contribution in [0.4, 0.5) is 5.69 Å². The smallest absolute Gasteiger partial charge is 0.265 e. The van der Waals surface area contributed by atoms with Crippen molar-refractivity contribution < 1.29 is 14.3 Å². The Morgan fingerprint density at radius 2 is 1.88 bits per heavy atom. The van der Waals surface area contributed by atoms with Gasteiger partial charge in [-0.1, -0.05) is 37.6 Å². The molecule has 0 aliphatic rings. The molecule has 25 heavy (non-hydrogen) atoms. The largest absolute Gasteiger partial charge is 0.491 e. The Morgan fingerprint density at radius 3 is 2.64 bits per heavy atom. The lowest BCUT2D eigenvalue weighted by atomic mass is 10.1. The van der Waals surface area contributed by atoms with Crippen LogP contribution in [0.15, 0.2) is 42.5 Å². The summed E-state index contributed by atoms with van der Waals surface area (Å²) in [4.78, 5) is 12.5. The van der Waals surface area contributed by atoms with Crippen LogP contribution in [0.1, 0.15) is 37.8 Å². The van der Waals surface area contributed by atoms with Gasteiger partial charge in [0.1, 0.15) is 11.5 Å². The zero-order valence-corrected chi connectivity index (χ0v) is 15.5. The van der Waals surface area contributed by atoms with Gasteiger partial charge in [0.05, 0.1) is 12.3 Å². The molecule has 0 aliphatic carbocycles. The quantitative estimate of drug-likeness (QED) is 0.696. The van der Waals surface area contributed by atoms with E-state index in [0.717, 1.165) is 29.7 Å². The molecule has 0 radical (unpaired) electrons. The number of para-hydroxylation sites is 2. The highest BCUT2D eigenvalue weighted by molar-refractivity contribution is 5.95. The summed E-state index contributed by atoms with van der Waals surface area (Å²) in [5.74, 6) is 1.21.